The Morgan fingerprint density at radius 3 is 3.09 bits per heavy atom. The molecule has 0 bridgehead atoms. The maximum Gasteiger partial charge on any atom is 0.227 e. The second-order valence-corrected chi connectivity index (χ2v) is 4.03. The van der Waals surface area contributed by atoms with Gasteiger partial charge < -0.3 is 10.2 Å². The molecule has 1 N–H and O–H groups in total. The van der Waals surface area contributed by atoms with Crippen molar-refractivity contribution < 1.29 is 4.79 Å². The van der Waals surface area contributed by atoms with E-state index in [-0.39, 0.29) is 11.3 Å². The van der Waals surface area contributed by atoms with Crippen molar-refractivity contribution in [2.24, 2.45) is 11.3 Å². The fraction of sp³-hybridized carbons (Fsp3) is 0.875. The average molecular weight is 154 g/mol. The van der Waals surface area contributed by atoms with Crippen molar-refractivity contribution >= 4 is 5.91 Å². The minimum atomic E-state index is 0.214. The first-order chi connectivity index (χ1) is 5.13. The van der Waals surface area contributed by atoms with Crippen LogP contribution in [-0.4, -0.2) is 37.5 Å². The van der Waals surface area contributed by atoms with Gasteiger partial charge in [-0.1, -0.05) is 6.92 Å². The summed E-state index contributed by atoms with van der Waals surface area (Å²) in [6.45, 7) is 4.98. The van der Waals surface area contributed by atoms with Crippen LogP contribution < -0.4 is 5.32 Å². The zero-order valence-corrected chi connectivity index (χ0v) is 7.05. The van der Waals surface area contributed by atoms with Crippen LogP contribution in [0.25, 0.3) is 0 Å². The third-order valence-corrected chi connectivity index (χ3v) is 2.99. The Bertz CT molecular complexity index is 204. The molecule has 2 aliphatic heterocycles. The minimum Gasteiger partial charge on any atom is -0.345 e. The van der Waals surface area contributed by atoms with E-state index in [0.717, 1.165) is 19.6 Å². The van der Waals surface area contributed by atoms with E-state index in [0.29, 0.717) is 5.91 Å². The number of nitrogens with one attached hydrogen (secondary N) is 1. The zero-order chi connectivity index (χ0) is 8.06. The number of nitrogens with zero attached hydrogens (tertiary/aromatic N) is 1. The standard InChI is InChI=1S/C8H14N2O/c1-8-4-9-3-6(8)7(11)10(2)5-8/h6,9H,3-5H2,1-2H3. The summed E-state index contributed by atoms with van der Waals surface area (Å²) in [6, 6.07) is 0. The Morgan fingerprint density at radius 1 is 1.73 bits per heavy atom. The third kappa shape index (κ3) is 0.805. The van der Waals surface area contributed by atoms with E-state index >= 15 is 0 Å². The summed E-state index contributed by atoms with van der Waals surface area (Å²) in [5.74, 6) is 0.560. The van der Waals surface area contributed by atoms with E-state index in [1.807, 2.05) is 11.9 Å². The molecule has 2 atom stereocenters. The van der Waals surface area contributed by atoms with Crippen molar-refractivity contribution in [3.63, 3.8) is 0 Å². The van der Waals surface area contributed by atoms with Crippen LogP contribution in [0.15, 0.2) is 0 Å². The maximum absolute atomic E-state index is 11.5. The molecule has 1 amide bonds. The molecule has 0 aliphatic carbocycles. The molecule has 62 valence electrons. The lowest BCUT2D eigenvalue weighted by molar-refractivity contribution is -0.129. The molecule has 0 saturated carbocycles. The summed E-state index contributed by atoms with van der Waals surface area (Å²) < 4.78 is 0. The SMILES string of the molecule is CN1CC2(C)CNCC2C1=O. The fourth-order valence-electron chi connectivity index (χ4n) is 2.31. The highest BCUT2D eigenvalue weighted by atomic mass is 16.2. The molecule has 3 heteroatoms. The Hall–Kier alpha value is -0.570. The molecule has 2 aliphatic rings. The molecule has 2 rings (SSSR count). The van der Waals surface area contributed by atoms with Crippen molar-refractivity contribution in [2.45, 2.75) is 6.92 Å². The predicted molar refractivity (Wildman–Crippen MR) is 42.1 cm³/mol. The highest BCUT2D eigenvalue weighted by molar-refractivity contribution is 5.82. The molecule has 3 nitrogen and oxygen atoms in total. The van der Waals surface area contributed by atoms with E-state index in [2.05, 4.69) is 12.2 Å². The predicted octanol–water partition coefficient (Wildman–Crippen LogP) is -0.316. The number of fused-ring (bicyclic) bond motifs is 1. The summed E-state index contributed by atoms with van der Waals surface area (Å²) in [5.41, 5.74) is 0.214. The van der Waals surface area contributed by atoms with Gasteiger partial charge in [0, 0.05) is 32.1 Å². The van der Waals surface area contributed by atoms with Gasteiger partial charge in [0.2, 0.25) is 5.91 Å². The van der Waals surface area contributed by atoms with E-state index in [4.69, 9.17) is 0 Å². The number of carbonyl (C=O) groups excluding carboxylic acids is 1. The van der Waals surface area contributed by atoms with Gasteiger partial charge in [0.05, 0.1) is 5.92 Å². The molecule has 0 aromatic heterocycles. The second kappa shape index (κ2) is 1.97. The number of rotatable bonds is 0. The van der Waals surface area contributed by atoms with Crippen LogP contribution in [0.5, 0.6) is 0 Å². The van der Waals surface area contributed by atoms with Crippen molar-refractivity contribution in [2.75, 3.05) is 26.7 Å². The van der Waals surface area contributed by atoms with Crippen LogP contribution in [0, 0.1) is 11.3 Å². The second-order valence-electron chi connectivity index (χ2n) is 4.03. The summed E-state index contributed by atoms with van der Waals surface area (Å²) >= 11 is 0. The molecule has 2 heterocycles. The molecular weight excluding hydrogens is 140 g/mol. The van der Waals surface area contributed by atoms with Gasteiger partial charge in [-0.3, -0.25) is 4.79 Å². The largest absolute Gasteiger partial charge is 0.345 e. The smallest absolute Gasteiger partial charge is 0.227 e. The van der Waals surface area contributed by atoms with Crippen LogP contribution in [-0.2, 0) is 4.79 Å². The molecule has 2 saturated heterocycles. The summed E-state index contributed by atoms with van der Waals surface area (Å²) in [7, 11) is 1.89. The van der Waals surface area contributed by atoms with Crippen LogP contribution in [0.4, 0.5) is 0 Å². The molecule has 11 heavy (non-hydrogen) atoms. The molecule has 2 fully saturated rings. The van der Waals surface area contributed by atoms with Gasteiger partial charge in [-0.2, -0.15) is 0 Å². The highest BCUT2D eigenvalue weighted by Crippen LogP contribution is 2.38. The van der Waals surface area contributed by atoms with Gasteiger partial charge in [0.1, 0.15) is 0 Å². The topological polar surface area (TPSA) is 32.3 Å². The average Bonchev–Trinajstić information content (AvgIpc) is 2.36. The molecule has 0 spiro atoms. The Balaban J connectivity index is 2.28. The number of carbonyl (C=O) groups is 1. The fourth-order valence-corrected chi connectivity index (χ4v) is 2.31. The first-order valence-electron chi connectivity index (χ1n) is 4.09. The normalized spacial score (nSPS) is 43.3. The van der Waals surface area contributed by atoms with Gasteiger partial charge in [-0.05, 0) is 0 Å². The van der Waals surface area contributed by atoms with Gasteiger partial charge in [0.25, 0.3) is 0 Å². The lowest BCUT2D eigenvalue weighted by Gasteiger charge is -2.19. The summed E-state index contributed by atoms with van der Waals surface area (Å²) in [4.78, 5) is 13.3. The summed E-state index contributed by atoms with van der Waals surface area (Å²) in [5, 5.41) is 3.27. The molecular formula is C8H14N2O. The van der Waals surface area contributed by atoms with Gasteiger partial charge in [-0.25, -0.2) is 0 Å². The highest BCUT2D eigenvalue weighted by Gasteiger charge is 2.50. The van der Waals surface area contributed by atoms with E-state index in [9.17, 15) is 4.79 Å². The van der Waals surface area contributed by atoms with Crippen LogP contribution in [0.3, 0.4) is 0 Å². The van der Waals surface area contributed by atoms with Crippen LogP contribution >= 0.6 is 0 Å². The van der Waals surface area contributed by atoms with Gasteiger partial charge in [-0.15, -0.1) is 0 Å². The van der Waals surface area contributed by atoms with Crippen molar-refractivity contribution in [1.82, 2.24) is 10.2 Å². The number of likely N-dealkylation sites (tertiary alicyclic amines) is 1. The van der Waals surface area contributed by atoms with Crippen molar-refractivity contribution in [1.29, 1.82) is 0 Å². The van der Waals surface area contributed by atoms with Gasteiger partial charge >= 0.3 is 0 Å². The quantitative estimate of drug-likeness (QED) is 0.519. The Kier molecular flexibility index (Phi) is 1.27. The van der Waals surface area contributed by atoms with Crippen molar-refractivity contribution in [3.8, 4) is 0 Å². The number of amides is 1. The van der Waals surface area contributed by atoms with E-state index in [1.165, 1.54) is 0 Å². The van der Waals surface area contributed by atoms with E-state index in [1.54, 1.807) is 0 Å². The number of hydrogen-bond acceptors (Lipinski definition) is 2. The van der Waals surface area contributed by atoms with Crippen molar-refractivity contribution in [3.05, 3.63) is 0 Å². The minimum absolute atomic E-state index is 0.214. The third-order valence-electron chi connectivity index (χ3n) is 2.99. The summed E-state index contributed by atoms with van der Waals surface area (Å²) in [6.07, 6.45) is 0. The van der Waals surface area contributed by atoms with Crippen LogP contribution in [0.1, 0.15) is 6.92 Å². The van der Waals surface area contributed by atoms with Gasteiger partial charge in [0.15, 0.2) is 0 Å². The first kappa shape index (κ1) is 7.10. The molecule has 2 unspecified atom stereocenters. The zero-order valence-electron chi connectivity index (χ0n) is 7.05. The Morgan fingerprint density at radius 2 is 2.45 bits per heavy atom. The molecule has 0 radical (unpaired) electrons. The lowest BCUT2D eigenvalue weighted by atomic mass is 9.83. The lowest BCUT2D eigenvalue weighted by Crippen LogP contribution is -2.28. The van der Waals surface area contributed by atoms with Crippen LogP contribution in [0.2, 0.25) is 0 Å². The Labute approximate surface area is 66.8 Å². The first-order valence-corrected chi connectivity index (χ1v) is 4.09. The maximum atomic E-state index is 11.5. The number of hydrogen-bond donors (Lipinski definition) is 1. The monoisotopic (exact) mass is 154 g/mol. The molecule has 0 aromatic carbocycles. The van der Waals surface area contributed by atoms with E-state index < -0.39 is 0 Å². The molecule has 0 aromatic rings.